The minimum Gasteiger partial charge on any atom is -0.294 e. The molecule has 1 atom stereocenters. The van der Waals surface area contributed by atoms with Gasteiger partial charge in [0, 0.05) is 19.6 Å². The van der Waals surface area contributed by atoms with Crippen LogP contribution in [0.2, 0.25) is 0 Å². The summed E-state index contributed by atoms with van der Waals surface area (Å²) in [6, 6.07) is 6.42. The Morgan fingerprint density at radius 1 is 1.17 bits per heavy atom. The van der Waals surface area contributed by atoms with E-state index in [-0.39, 0.29) is 5.38 Å². The summed E-state index contributed by atoms with van der Waals surface area (Å²) >= 11 is 6.49. The van der Waals surface area contributed by atoms with Crippen LogP contribution in [0.3, 0.4) is 0 Å². The topological polar surface area (TPSA) is 3.24 Å². The fourth-order valence-electron chi connectivity index (χ4n) is 1.88. The third-order valence-electron chi connectivity index (χ3n) is 3.09. The Morgan fingerprint density at radius 3 is 2.28 bits per heavy atom. The molecule has 0 heterocycles. The second-order valence-electron chi connectivity index (χ2n) is 4.61. The number of halogens is 1. The van der Waals surface area contributed by atoms with Crippen molar-refractivity contribution >= 4 is 11.6 Å². The van der Waals surface area contributed by atoms with Gasteiger partial charge in [0.2, 0.25) is 0 Å². The molecule has 0 bridgehead atoms. The molecule has 0 amide bonds. The van der Waals surface area contributed by atoms with Gasteiger partial charge in [0.05, 0.1) is 5.38 Å². The summed E-state index contributed by atoms with van der Waals surface area (Å²) in [5, 5.41) is 0.00389. The Bertz CT molecular complexity index is 402. The molecule has 0 saturated heterocycles. The van der Waals surface area contributed by atoms with Gasteiger partial charge in [-0.25, -0.2) is 0 Å². The Kier molecular flexibility index (Phi) is 6.17. The van der Waals surface area contributed by atoms with E-state index in [1.54, 1.807) is 0 Å². The highest BCUT2D eigenvalue weighted by Gasteiger charge is 2.12. The largest absolute Gasteiger partial charge is 0.294 e. The monoisotopic (exact) mass is 263 g/mol. The van der Waals surface area contributed by atoms with Crippen molar-refractivity contribution in [2.24, 2.45) is 0 Å². The molecule has 0 aliphatic rings. The minimum absolute atomic E-state index is 0.00389. The Hall–Kier alpha value is -1.05. The third-order valence-corrected chi connectivity index (χ3v) is 3.48. The van der Waals surface area contributed by atoms with Crippen LogP contribution in [0.1, 0.15) is 22.1 Å². The summed E-state index contributed by atoms with van der Waals surface area (Å²) in [6.07, 6.45) is 3.79. The number of rotatable bonds is 7. The van der Waals surface area contributed by atoms with E-state index in [2.05, 4.69) is 50.1 Å². The van der Waals surface area contributed by atoms with Crippen LogP contribution in [0.25, 0.3) is 0 Å². The van der Waals surface area contributed by atoms with Crippen LogP contribution in [0.4, 0.5) is 0 Å². The van der Waals surface area contributed by atoms with Crippen molar-refractivity contribution in [1.29, 1.82) is 0 Å². The van der Waals surface area contributed by atoms with Crippen molar-refractivity contribution in [1.82, 2.24) is 4.90 Å². The molecule has 0 saturated carbocycles. The standard InChI is InChI=1S/C16H22ClN/c1-5-9-18(10-6-2)12-16(17)15-8-7-13(3)14(4)11-15/h5-8,11,16H,1-2,9-10,12H2,3-4H3. The summed E-state index contributed by atoms with van der Waals surface area (Å²) in [6.45, 7) is 14.2. The van der Waals surface area contributed by atoms with Gasteiger partial charge in [-0.3, -0.25) is 4.90 Å². The van der Waals surface area contributed by atoms with E-state index in [1.165, 1.54) is 16.7 Å². The van der Waals surface area contributed by atoms with E-state index in [1.807, 2.05) is 12.2 Å². The SMILES string of the molecule is C=CCN(CC=C)CC(Cl)c1ccc(C)c(C)c1. The Morgan fingerprint density at radius 2 is 1.78 bits per heavy atom. The van der Waals surface area contributed by atoms with E-state index in [4.69, 9.17) is 11.6 Å². The lowest BCUT2D eigenvalue weighted by molar-refractivity contribution is 0.335. The Balaban J connectivity index is 2.72. The molecule has 98 valence electrons. The molecular weight excluding hydrogens is 242 g/mol. The molecule has 0 aliphatic carbocycles. The second kappa shape index (κ2) is 7.40. The lowest BCUT2D eigenvalue weighted by Crippen LogP contribution is -2.27. The number of hydrogen-bond donors (Lipinski definition) is 0. The molecule has 1 nitrogen and oxygen atoms in total. The number of benzene rings is 1. The zero-order valence-corrected chi connectivity index (χ0v) is 12.1. The van der Waals surface area contributed by atoms with Gasteiger partial charge < -0.3 is 0 Å². The van der Waals surface area contributed by atoms with E-state index in [0.29, 0.717) is 0 Å². The van der Waals surface area contributed by atoms with Crippen molar-refractivity contribution in [2.45, 2.75) is 19.2 Å². The van der Waals surface area contributed by atoms with Crippen molar-refractivity contribution in [2.75, 3.05) is 19.6 Å². The van der Waals surface area contributed by atoms with Crippen LogP contribution >= 0.6 is 11.6 Å². The molecule has 1 aromatic rings. The number of aryl methyl sites for hydroxylation is 2. The van der Waals surface area contributed by atoms with Gasteiger partial charge in [0.25, 0.3) is 0 Å². The summed E-state index contributed by atoms with van der Waals surface area (Å²) in [4.78, 5) is 2.23. The van der Waals surface area contributed by atoms with Gasteiger partial charge in [0.1, 0.15) is 0 Å². The maximum absolute atomic E-state index is 6.49. The van der Waals surface area contributed by atoms with Gasteiger partial charge in [0.15, 0.2) is 0 Å². The van der Waals surface area contributed by atoms with Crippen LogP contribution in [-0.2, 0) is 0 Å². The average Bonchev–Trinajstić information content (AvgIpc) is 2.33. The van der Waals surface area contributed by atoms with Crippen LogP contribution in [-0.4, -0.2) is 24.5 Å². The fourth-order valence-corrected chi connectivity index (χ4v) is 2.21. The van der Waals surface area contributed by atoms with E-state index in [0.717, 1.165) is 19.6 Å². The zero-order chi connectivity index (χ0) is 13.5. The lowest BCUT2D eigenvalue weighted by Gasteiger charge is -2.22. The van der Waals surface area contributed by atoms with Crippen molar-refractivity contribution < 1.29 is 0 Å². The van der Waals surface area contributed by atoms with E-state index < -0.39 is 0 Å². The molecule has 18 heavy (non-hydrogen) atoms. The first-order valence-corrected chi connectivity index (χ1v) is 6.67. The van der Waals surface area contributed by atoms with Crippen LogP contribution in [0.15, 0.2) is 43.5 Å². The van der Waals surface area contributed by atoms with Gasteiger partial charge in [-0.1, -0.05) is 30.4 Å². The summed E-state index contributed by atoms with van der Waals surface area (Å²) in [5.74, 6) is 0. The number of alkyl halides is 1. The second-order valence-corrected chi connectivity index (χ2v) is 5.13. The number of hydrogen-bond acceptors (Lipinski definition) is 1. The molecule has 0 spiro atoms. The molecule has 0 fully saturated rings. The zero-order valence-electron chi connectivity index (χ0n) is 11.3. The van der Waals surface area contributed by atoms with Crippen LogP contribution in [0, 0.1) is 13.8 Å². The minimum atomic E-state index is 0.00389. The summed E-state index contributed by atoms with van der Waals surface area (Å²) in [5.41, 5.74) is 3.77. The normalized spacial score (nSPS) is 12.4. The van der Waals surface area contributed by atoms with E-state index >= 15 is 0 Å². The quantitative estimate of drug-likeness (QED) is 0.525. The smallest absolute Gasteiger partial charge is 0.0712 e. The highest BCUT2D eigenvalue weighted by molar-refractivity contribution is 6.21. The maximum Gasteiger partial charge on any atom is 0.0712 e. The van der Waals surface area contributed by atoms with Crippen molar-refractivity contribution in [3.63, 3.8) is 0 Å². The highest BCUT2D eigenvalue weighted by atomic mass is 35.5. The summed E-state index contributed by atoms with van der Waals surface area (Å²) < 4.78 is 0. The van der Waals surface area contributed by atoms with Gasteiger partial charge >= 0.3 is 0 Å². The highest BCUT2D eigenvalue weighted by Crippen LogP contribution is 2.23. The molecule has 0 aromatic heterocycles. The Labute approximate surface area is 116 Å². The summed E-state index contributed by atoms with van der Waals surface area (Å²) in [7, 11) is 0. The van der Waals surface area contributed by atoms with Crippen molar-refractivity contribution in [3.05, 3.63) is 60.2 Å². The molecule has 0 aliphatic heterocycles. The van der Waals surface area contributed by atoms with Crippen LogP contribution in [0.5, 0.6) is 0 Å². The van der Waals surface area contributed by atoms with Crippen molar-refractivity contribution in [3.8, 4) is 0 Å². The van der Waals surface area contributed by atoms with Gasteiger partial charge in [-0.2, -0.15) is 0 Å². The first-order valence-electron chi connectivity index (χ1n) is 6.23. The van der Waals surface area contributed by atoms with Gasteiger partial charge in [-0.15, -0.1) is 24.8 Å². The fraction of sp³-hybridized carbons (Fsp3) is 0.375. The van der Waals surface area contributed by atoms with Crippen LogP contribution < -0.4 is 0 Å². The predicted octanol–water partition coefficient (Wildman–Crippen LogP) is 4.26. The third kappa shape index (κ3) is 4.32. The molecule has 1 rings (SSSR count). The van der Waals surface area contributed by atoms with E-state index in [9.17, 15) is 0 Å². The first-order chi connectivity index (χ1) is 8.58. The molecule has 1 aromatic carbocycles. The number of nitrogens with zero attached hydrogens (tertiary/aromatic N) is 1. The molecular formula is C16H22ClN. The predicted molar refractivity (Wildman–Crippen MR) is 81.3 cm³/mol. The average molecular weight is 264 g/mol. The molecule has 0 N–H and O–H groups in total. The molecule has 0 radical (unpaired) electrons. The first kappa shape index (κ1) is 15.0. The molecule has 2 heteroatoms. The van der Waals surface area contributed by atoms with Gasteiger partial charge in [-0.05, 0) is 30.5 Å². The molecule has 1 unspecified atom stereocenters. The maximum atomic E-state index is 6.49. The lowest BCUT2D eigenvalue weighted by atomic mass is 10.0.